The van der Waals surface area contributed by atoms with Crippen LogP contribution in [0.1, 0.15) is 18.4 Å². The first-order valence-corrected chi connectivity index (χ1v) is 8.92. The first-order valence-electron chi connectivity index (χ1n) is 8.92. The molecular formula is C18H23FN6. The smallest absolute Gasteiger partial charge is 0.145 e. The predicted molar refractivity (Wildman–Crippen MR) is 95.2 cm³/mol. The number of anilines is 2. The van der Waals surface area contributed by atoms with E-state index in [0.717, 1.165) is 50.9 Å². The molecule has 0 saturated carbocycles. The summed E-state index contributed by atoms with van der Waals surface area (Å²) < 4.78 is 13.8. The van der Waals surface area contributed by atoms with E-state index in [1.54, 1.807) is 18.6 Å². The van der Waals surface area contributed by atoms with Gasteiger partial charge < -0.3 is 9.80 Å². The summed E-state index contributed by atoms with van der Waals surface area (Å²) in [4.78, 5) is 19.6. The van der Waals surface area contributed by atoms with Gasteiger partial charge in [0, 0.05) is 63.6 Å². The van der Waals surface area contributed by atoms with Crippen molar-refractivity contribution in [2.24, 2.45) is 0 Å². The van der Waals surface area contributed by atoms with Crippen molar-refractivity contribution >= 4 is 11.6 Å². The number of nitrogens with zero attached hydrogens (tertiary/aromatic N) is 6. The summed E-state index contributed by atoms with van der Waals surface area (Å²) >= 11 is 0. The summed E-state index contributed by atoms with van der Waals surface area (Å²) in [5.41, 5.74) is 0.710. The molecular weight excluding hydrogens is 319 g/mol. The summed E-state index contributed by atoms with van der Waals surface area (Å²) in [6, 6.07) is 3.86. The van der Waals surface area contributed by atoms with Gasteiger partial charge in [0.25, 0.3) is 0 Å². The van der Waals surface area contributed by atoms with Crippen LogP contribution < -0.4 is 9.80 Å². The van der Waals surface area contributed by atoms with E-state index in [1.165, 1.54) is 19.0 Å². The molecule has 132 valence electrons. The van der Waals surface area contributed by atoms with Crippen molar-refractivity contribution in [3.05, 3.63) is 42.2 Å². The van der Waals surface area contributed by atoms with Gasteiger partial charge >= 0.3 is 0 Å². The summed E-state index contributed by atoms with van der Waals surface area (Å²) in [5.74, 6) is 1.80. The van der Waals surface area contributed by atoms with Crippen molar-refractivity contribution in [2.75, 3.05) is 49.1 Å². The van der Waals surface area contributed by atoms with Crippen molar-refractivity contribution in [3.63, 3.8) is 0 Å². The van der Waals surface area contributed by atoms with E-state index in [4.69, 9.17) is 0 Å². The number of halogens is 1. The van der Waals surface area contributed by atoms with Crippen LogP contribution in [0.4, 0.5) is 16.0 Å². The normalized spacial score (nSPS) is 18.8. The minimum atomic E-state index is -0.226. The van der Waals surface area contributed by atoms with Gasteiger partial charge in [-0.2, -0.15) is 0 Å². The molecule has 2 aromatic rings. The Morgan fingerprint density at radius 1 is 0.920 bits per heavy atom. The molecule has 0 aromatic carbocycles. The Morgan fingerprint density at radius 2 is 1.60 bits per heavy atom. The van der Waals surface area contributed by atoms with Crippen LogP contribution in [-0.4, -0.2) is 59.1 Å². The lowest BCUT2D eigenvalue weighted by molar-refractivity contribution is 0.246. The SMILES string of the molecule is Fc1cnccc1CN1CCN(c2cc(N3CCCC3)ncn2)CC1. The lowest BCUT2D eigenvalue weighted by atomic mass is 10.2. The second-order valence-electron chi connectivity index (χ2n) is 6.66. The molecule has 0 N–H and O–H groups in total. The third-order valence-corrected chi connectivity index (χ3v) is 5.01. The number of aromatic nitrogens is 3. The lowest BCUT2D eigenvalue weighted by Gasteiger charge is -2.35. The maximum atomic E-state index is 13.8. The molecule has 0 spiro atoms. The van der Waals surface area contributed by atoms with Crippen LogP contribution in [0, 0.1) is 5.82 Å². The van der Waals surface area contributed by atoms with E-state index in [0.29, 0.717) is 12.1 Å². The molecule has 2 saturated heterocycles. The number of hydrogen-bond donors (Lipinski definition) is 0. The Kier molecular flexibility index (Phi) is 4.74. The van der Waals surface area contributed by atoms with Crippen LogP contribution in [0.25, 0.3) is 0 Å². The highest BCUT2D eigenvalue weighted by molar-refractivity contribution is 5.50. The molecule has 0 unspecified atom stereocenters. The first-order chi connectivity index (χ1) is 12.3. The lowest BCUT2D eigenvalue weighted by Crippen LogP contribution is -2.46. The summed E-state index contributed by atoms with van der Waals surface area (Å²) in [7, 11) is 0. The fraction of sp³-hybridized carbons (Fsp3) is 0.500. The van der Waals surface area contributed by atoms with Gasteiger partial charge in [-0.15, -0.1) is 0 Å². The third kappa shape index (κ3) is 3.71. The van der Waals surface area contributed by atoms with E-state index < -0.39 is 0 Å². The standard InChI is InChI=1S/C18H23FN6/c19-16-12-20-4-3-15(16)13-23-7-9-25(10-8-23)18-11-17(21-14-22-18)24-5-1-2-6-24/h3-4,11-12,14H,1-2,5-10,13H2. The predicted octanol–water partition coefficient (Wildman–Crippen LogP) is 1.93. The number of pyridine rings is 1. The number of hydrogen-bond acceptors (Lipinski definition) is 6. The van der Waals surface area contributed by atoms with Crippen LogP contribution in [0.5, 0.6) is 0 Å². The maximum Gasteiger partial charge on any atom is 0.145 e. The monoisotopic (exact) mass is 342 g/mol. The Balaban J connectivity index is 1.37. The van der Waals surface area contributed by atoms with Crippen LogP contribution in [0.3, 0.4) is 0 Å². The van der Waals surface area contributed by atoms with Crippen molar-refractivity contribution in [1.82, 2.24) is 19.9 Å². The molecule has 2 fully saturated rings. The van der Waals surface area contributed by atoms with Crippen molar-refractivity contribution in [3.8, 4) is 0 Å². The molecule has 0 atom stereocenters. The van der Waals surface area contributed by atoms with Gasteiger partial charge in [-0.25, -0.2) is 14.4 Å². The number of piperazine rings is 1. The van der Waals surface area contributed by atoms with Crippen molar-refractivity contribution in [2.45, 2.75) is 19.4 Å². The highest BCUT2D eigenvalue weighted by atomic mass is 19.1. The van der Waals surface area contributed by atoms with E-state index in [-0.39, 0.29) is 5.82 Å². The van der Waals surface area contributed by atoms with Gasteiger partial charge in [-0.1, -0.05) is 0 Å². The maximum absolute atomic E-state index is 13.8. The Bertz CT molecular complexity index is 710. The first kappa shape index (κ1) is 16.2. The third-order valence-electron chi connectivity index (χ3n) is 5.01. The zero-order valence-electron chi connectivity index (χ0n) is 14.3. The Hall–Kier alpha value is -2.28. The van der Waals surface area contributed by atoms with Crippen molar-refractivity contribution < 1.29 is 4.39 Å². The van der Waals surface area contributed by atoms with E-state index in [9.17, 15) is 4.39 Å². The molecule has 4 heterocycles. The van der Waals surface area contributed by atoms with E-state index >= 15 is 0 Å². The van der Waals surface area contributed by atoms with E-state index in [1.807, 2.05) is 0 Å². The molecule has 7 heteroatoms. The molecule has 6 nitrogen and oxygen atoms in total. The molecule has 25 heavy (non-hydrogen) atoms. The van der Waals surface area contributed by atoms with E-state index in [2.05, 4.69) is 35.7 Å². The Morgan fingerprint density at radius 3 is 2.28 bits per heavy atom. The van der Waals surface area contributed by atoms with Gasteiger partial charge in [0.05, 0.1) is 6.20 Å². The second-order valence-corrected chi connectivity index (χ2v) is 6.66. The molecule has 2 aliphatic rings. The number of rotatable bonds is 4. The van der Waals surface area contributed by atoms with Crippen LogP contribution >= 0.6 is 0 Å². The summed E-state index contributed by atoms with van der Waals surface area (Å²) in [5, 5.41) is 0. The molecule has 2 aromatic heterocycles. The average molecular weight is 342 g/mol. The zero-order valence-corrected chi connectivity index (χ0v) is 14.3. The minimum absolute atomic E-state index is 0.226. The Labute approximate surface area is 147 Å². The summed E-state index contributed by atoms with van der Waals surface area (Å²) in [6.45, 7) is 6.37. The highest BCUT2D eigenvalue weighted by Gasteiger charge is 2.21. The van der Waals surface area contributed by atoms with Gasteiger partial charge in [-0.05, 0) is 18.9 Å². The fourth-order valence-corrected chi connectivity index (χ4v) is 3.54. The van der Waals surface area contributed by atoms with Gasteiger partial charge in [0.1, 0.15) is 23.8 Å². The molecule has 0 amide bonds. The molecule has 2 aliphatic heterocycles. The van der Waals surface area contributed by atoms with Gasteiger partial charge in [-0.3, -0.25) is 9.88 Å². The molecule has 4 rings (SSSR count). The molecule has 0 aliphatic carbocycles. The van der Waals surface area contributed by atoms with Crippen molar-refractivity contribution in [1.29, 1.82) is 0 Å². The van der Waals surface area contributed by atoms with Crippen LogP contribution in [0.15, 0.2) is 30.9 Å². The molecule has 0 bridgehead atoms. The van der Waals surface area contributed by atoms with Crippen LogP contribution in [-0.2, 0) is 6.54 Å². The van der Waals surface area contributed by atoms with Crippen LogP contribution in [0.2, 0.25) is 0 Å². The quantitative estimate of drug-likeness (QED) is 0.846. The molecule has 0 radical (unpaired) electrons. The zero-order chi connectivity index (χ0) is 17.1. The second kappa shape index (κ2) is 7.31. The highest BCUT2D eigenvalue weighted by Crippen LogP contribution is 2.22. The van der Waals surface area contributed by atoms with Gasteiger partial charge in [0.15, 0.2) is 0 Å². The fourth-order valence-electron chi connectivity index (χ4n) is 3.54. The topological polar surface area (TPSA) is 48.4 Å². The van der Waals surface area contributed by atoms with Gasteiger partial charge in [0.2, 0.25) is 0 Å². The minimum Gasteiger partial charge on any atom is -0.356 e. The summed E-state index contributed by atoms with van der Waals surface area (Å²) in [6.07, 6.45) is 7.08. The average Bonchev–Trinajstić information content (AvgIpc) is 3.19. The largest absolute Gasteiger partial charge is 0.356 e.